The van der Waals surface area contributed by atoms with Gasteiger partial charge in [-0.3, -0.25) is 4.79 Å². The average Bonchev–Trinajstić information content (AvgIpc) is 3.25. The minimum absolute atomic E-state index is 0.0101. The lowest BCUT2D eigenvalue weighted by Crippen LogP contribution is -2.23. The fourth-order valence-electron chi connectivity index (χ4n) is 5.19. The number of halogens is 3. The van der Waals surface area contributed by atoms with Crippen molar-refractivity contribution in [2.75, 3.05) is 5.32 Å². The van der Waals surface area contributed by atoms with E-state index in [1.54, 1.807) is 0 Å². The van der Waals surface area contributed by atoms with Crippen LogP contribution in [0.5, 0.6) is 0 Å². The molecule has 7 heteroatoms. The highest BCUT2D eigenvalue weighted by atomic mass is 19.4. The maximum absolute atomic E-state index is 13.3. The molecule has 0 atom stereocenters. The van der Waals surface area contributed by atoms with Crippen LogP contribution >= 0.6 is 0 Å². The van der Waals surface area contributed by atoms with Crippen LogP contribution in [0.15, 0.2) is 18.3 Å². The summed E-state index contributed by atoms with van der Waals surface area (Å²) >= 11 is 0. The van der Waals surface area contributed by atoms with Gasteiger partial charge >= 0.3 is 6.18 Å². The van der Waals surface area contributed by atoms with E-state index in [4.69, 9.17) is 0 Å². The molecule has 2 fully saturated rings. The minimum atomic E-state index is -4.42. The molecule has 2 aliphatic carbocycles. The van der Waals surface area contributed by atoms with E-state index in [9.17, 15) is 18.0 Å². The molecule has 2 heterocycles. The second kappa shape index (κ2) is 8.23. The van der Waals surface area contributed by atoms with Gasteiger partial charge in [0.2, 0.25) is 5.91 Å². The lowest BCUT2D eigenvalue weighted by molar-refractivity contribution is -0.137. The number of nitrogens with one attached hydrogen (secondary N) is 1. The first kappa shape index (κ1) is 21.2. The number of rotatable bonds is 5. The summed E-state index contributed by atoms with van der Waals surface area (Å²) in [5, 5.41) is 2.95. The molecule has 2 saturated carbocycles. The number of amides is 1. The van der Waals surface area contributed by atoms with Gasteiger partial charge in [0.05, 0.1) is 11.3 Å². The van der Waals surface area contributed by atoms with Crippen LogP contribution < -0.4 is 5.32 Å². The number of fused-ring (bicyclic) bond motifs is 1. The highest BCUT2D eigenvalue weighted by Gasteiger charge is 2.33. The molecule has 0 aromatic carbocycles. The van der Waals surface area contributed by atoms with E-state index in [1.807, 2.05) is 0 Å². The summed E-state index contributed by atoms with van der Waals surface area (Å²) in [5.41, 5.74) is 0.439. The summed E-state index contributed by atoms with van der Waals surface area (Å²) in [5.74, 6) is 0.742. The van der Waals surface area contributed by atoms with Crippen molar-refractivity contribution >= 4 is 17.4 Å². The number of carbonyl (C=O) groups excluding carboxylic acids is 1. The highest BCUT2D eigenvalue weighted by molar-refractivity contribution is 5.91. The number of hydrogen-bond acceptors (Lipinski definition) is 2. The van der Waals surface area contributed by atoms with E-state index in [0.717, 1.165) is 63.6 Å². The summed E-state index contributed by atoms with van der Waals surface area (Å²) < 4.78 is 41.4. The lowest BCUT2D eigenvalue weighted by Gasteiger charge is -2.23. The number of aromatic nitrogens is 2. The van der Waals surface area contributed by atoms with Crippen molar-refractivity contribution in [1.82, 2.24) is 9.38 Å². The van der Waals surface area contributed by atoms with E-state index >= 15 is 0 Å². The van der Waals surface area contributed by atoms with Crippen molar-refractivity contribution in [3.8, 4) is 0 Å². The molecule has 2 aromatic heterocycles. The Kier molecular flexibility index (Phi) is 5.82. The summed E-state index contributed by atoms with van der Waals surface area (Å²) in [6.45, 7) is 2.14. The number of nitrogens with zero attached hydrogens (tertiary/aromatic N) is 2. The topological polar surface area (TPSA) is 46.4 Å². The van der Waals surface area contributed by atoms with Crippen LogP contribution in [0.4, 0.5) is 19.0 Å². The third-order valence-electron chi connectivity index (χ3n) is 6.91. The SMILES string of the molecule is CC1(CC(=O)Nc2nc3ccc(C(F)(F)F)cn3c2CC2CCCCC2)CCCC1. The van der Waals surface area contributed by atoms with Gasteiger partial charge in [-0.25, -0.2) is 4.98 Å². The summed E-state index contributed by atoms with van der Waals surface area (Å²) in [4.78, 5) is 17.3. The molecule has 30 heavy (non-hydrogen) atoms. The third kappa shape index (κ3) is 4.65. The van der Waals surface area contributed by atoms with E-state index in [2.05, 4.69) is 17.2 Å². The fraction of sp³-hybridized carbons (Fsp3) is 0.652. The van der Waals surface area contributed by atoms with Crippen molar-refractivity contribution in [3.63, 3.8) is 0 Å². The van der Waals surface area contributed by atoms with Crippen molar-refractivity contribution < 1.29 is 18.0 Å². The molecule has 0 radical (unpaired) electrons. The molecular formula is C23H30F3N3O. The molecule has 0 unspecified atom stereocenters. The first-order valence-electron chi connectivity index (χ1n) is 11.1. The Morgan fingerprint density at radius 1 is 1.17 bits per heavy atom. The standard InChI is InChI=1S/C23H30F3N3O/c1-22(11-5-6-12-22)14-20(30)28-21-18(13-16-7-3-2-4-8-16)29-15-17(23(24,25)26)9-10-19(29)27-21/h9-10,15-16H,2-8,11-14H2,1H3,(H,28,30). The Balaban J connectivity index is 1.64. The van der Waals surface area contributed by atoms with E-state index < -0.39 is 11.7 Å². The van der Waals surface area contributed by atoms with Gasteiger partial charge in [0.25, 0.3) is 0 Å². The third-order valence-corrected chi connectivity index (χ3v) is 6.91. The zero-order chi connectivity index (χ0) is 21.4. The molecule has 1 N–H and O–H groups in total. The quantitative estimate of drug-likeness (QED) is 0.608. The van der Waals surface area contributed by atoms with Gasteiger partial charge in [-0.2, -0.15) is 13.2 Å². The van der Waals surface area contributed by atoms with Gasteiger partial charge in [-0.1, -0.05) is 51.9 Å². The number of carbonyl (C=O) groups is 1. The largest absolute Gasteiger partial charge is 0.417 e. The molecule has 0 saturated heterocycles. The van der Waals surface area contributed by atoms with Crippen LogP contribution in [0.3, 0.4) is 0 Å². The second-order valence-corrected chi connectivity index (χ2v) is 9.50. The minimum Gasteiger partial charge on any atom is -0.309 e. The van der Waals surface area contributed by atoms with E-state index in [-0.39, 0.29) is 11.3 Å². The van der Waals surface area contributed by atoms with Crippen molar-refractivity contribution in [2.24, 2.45) is 11.3 Å². The first-order chi connectivity index (χ1) is 14.2. The molecule has 164 valence electrons. The first-order valence-corrected chi connectivity index (χ1v) is 11.1. The van der Waals surface area contributed by atoms with Crippen LogP contribution in [0.2, 0.25) is 0 Å². The normalized spacial score (nSPS) is 20.0. The molecule has 4 rings (SSSR count). The number of anilines is 1. The van der Waals surface area contributed by atoms with Crippen molar-refractivity contribution in [1.29, 1.82) is 0 Å². The van der Waals surface area contributed by atoms with Gasteiger partial charge in [0.15, 0.2) is 5.82 Å². The molecule has 0 aliphatic heterocycles. The molecule has 0 spiro atoms. The number of hydrogen-bond donors (Lipinski definition) is 1. The van der Waals surface area contributed by atoms with Crippen molar-refractivity contribution in [2.45, 2.75) is 83.7 Å². The maximum atomic E-state index is 13.3. The molecule has 1 amide bonds. The fourth-order valence-corrected chi connectivity index (χ4v) is 5.19. The van der Waals surface area contributed by atoms with Crippen LogP contribution in [0, 0.1) is 11.3 Å². The molecule has 2 aliphatic rings. The Morgan fingerprint density at radius 2 is 1.87 bits per heavy atom. The molecule has 0 bridgehead atoms. The van der Waals surface area contributed by atoms with Gasteiger partial charge in [-0.15, -0.1) is 0 Å². The van der Waals surface area contributed by atoms with Gasteiger partial charge in [-0.05, 0) is 42.7 Å². The van der Waals surface area contributed by atoms with Crippen LogP contribution in [0.1, 0.15) is 82.4 Å². The number of alkyl halides is 3. The van der Waals surface area contributed by atoms with Gasteiger partial charge in [0, 0.05) is 12.6 Å². The molecular weight excluding hydrogens is 391 g/mol. The highest BCUT2D eigenvalue weighted by Crippen LogP contribution is 2.41. The van der Waals surface area contributed by atoms with Gasteiger partial charge in [0.1, 0.15) is 5.65 Å². The second-order valence-electron chi connectivity index (χ2n) is 9.50. The number of imidazole rings is 1. The van der Waals surface area contributed by atoms with Crippen molar-refractivity contribution in [3.05, 3.63) is 29.6 Å². The summed E-state index contributed by atoms with van der Waals surface area (Å²) in [7, 11) is 0. The number of pyridine rings is 1. The Hall–Kier alpha value is -2.05. The van der Waals surface area contributed by atoms with Crippen LogP contribution in [-0.2, 0) is 17.4 Å². The Morgan fingerprint density at radius 3 is 2.53 bits per heavy atom. The molecule has 2 aromatic rings. The summed E-state index contributed by atoms with van der Waals surface area (Å²) in [6.07, 6.45) is 7.77. The maximum Gasteiger partial charge on any atom is 0.417 e. The molecule has 4 nitrogen and oxygen atoms in total. The van der Waals surface area contributed by atoms with E-state index in [1.165, 1.54) is 16.9 Å². The van der Waals surface area contributed by atoms with E-state index in [0.29, 0.717) is 35.9 Å². The summed E-state index contributed by atoms with van der Waals surface area (Å²) in [6, 6.07) is 2.44. The lowest BCUT2D eigenvalue weighted by atomic mass is 9.85. The average molecular weight is 422 g/mol. The smallest absolute Gasteiger partial charge is 0.309 e. The van der Waals surface area contributed by atoms with Crippen LogP contribution in [0.25, 0.3) is 5.65 Å². The Bertz CT molecular complexity index is 906. The predicted octanol–water partition coefficient (Wildman–Crippen LogP) is 6.38. The van der Waals surface area contributed by atoms with Gasteiger partial charge < -0.3 is 9.72 Å². The Labute approximate surface area is 175 Å². The monoisotopic (exact) mass is 421 g/mol. The van der Waals surface area contributed by atoms with Crippen LogP contribution in [-0.4, -0.2) is 15.3 Å². The zero-order valence-electron chi connectivity index (χ0n) is 17.5. The predicted molar refractivity (Wildman–Crippen MR) is 110 cm³/mol. The zero-order valence-corrected chi connectivity index (χ0v) is 17.5.